The number of nitrogens with one attached hydrogen (secondary N) is 1. The molecule has 0 spiro atoms. The van der Waals surface area contributed by atoms with Crippen LogP contribution in [-0.2, 0) is 16.0 Å². The number of hydrogen-bond acceptors (Lipinski definition) is 4. The molecule has 0 bridgehead atoms. The van der Waals surface area contributed by atoms with Crippen LogP contribution in [0.1, 0.15) is 55.6 Å². The van der Waals surface area contributed by atoms with Crippen molar-refractivity contribution in [1.82, 2.24) is 9.97 Å². The molecule has 0 aliphatic carbocycles. The van der Waals surface area contributed by atoms with Gasteiger partial charge in [0.1, 0.15) is 5.82 Å². The monoisotopic (exact) mass is 451 g/mol. The summed E-state index contributed by atoms with van der Waals surface area (Å²) in [4.78, 5) is 20.6. The van der Waals surface area contributed by atoms with Gasteiger partial charge in [-0.05, 0) is 47.2 Å². The minimum Gasteiger partial charge on any atom is -0.466 e. The van der Waals surface area contributed by atoms with E-state index in [1.807, 2.05) is 49.4 Å². The van der Waals surface area contributed by atoms with Crippen molar-refractivity contribution in [2.75, 3.05) is 6.61 Å². The van der Waals surface area contributed by atoms with Crippen LogP contribution in [0.15, 0.2) is 66.7 Å². The number of rotatable bonds is 8. The fourth-order valence-corrected chi connectivity index (χ4v) is 4.46. The summed E-state index contributed by atoms with van der Waals surface area (Å²) < 4.78 is 5.14. The predicted octanol–water partition coefficient (Wildman–Crippen LogP) is 6.39. The number of carbonyl (C=O) groups is 1. The van der Waals surface area contributed by atoms with Crippen molar-refractivity contribution in [3.8, 4) is 17.2 Å². The summed E-state index contributed by atoms with van der Waals surface area (Å²) in [5, 5.41) is 9.46. The molecule has 3 aromatic carbocycles. The minimum atomic E-state index is -0.244. The lowest BCUT2D eigenvalue weighted by Gasteiger charge is -2.22. The number of nitriles is 1. The normalized spacial score (nSPS) is 12.8. The largest absolute Gasteiger partial charge is 0.466 e. The van der Waals surface area contributed by atoms with Gasteiger partial charge in [-0.25, -0.2) is 4.98 Å². The average Bonchev–Trinajstić information content (AvgIpc) is 3.29. The van der Waals surface area contributed by atoms with Crippen molar-refractivity contribution in [2.45, 2.75) is 39.5 Å². The molecule has 4 aromatic rings. The number of hydrogen-bond donors (Lipinski definition) is 1. The van der Waals surface area contributed by atoms with Crippen LogP contribution in [0.2, 0.25) is 0 Å². The standard InChI is InChI=1S/C29H29N3O2/c1-4-19(3)27(21-15-13-20(14-16-21)24-11-7-6-9-23(24)18-30)29-31-25-12-8-10-22(28(25)32-29)17-26(33)34-5-2/h6-16,19,27H,4-5,17H2,1-3H3,(H,31,32). The summed E-state index contributed by atoms with van der Waals surface area (Å²) in [5.74, 6) is 1.08. The molecule has 2 unspecified atom stereocenters. The van der Waals surface area contributed by atoms with Crippen molar-refractivity contribution < 1.29 is 9.53 Å². The zero-order valence-corrected chi connectivity index (χ0v) is 19.8. The predicted molar refractivity (Wildman–Crippen MR) is 134 cm³/mol. The Morgan fingerprint density at radius 3 is 2.53 bits per heavy atom. The number of fused-ring (bicyclic) bond motifs is 1. The second-order valence-electron chi connectivity index (χ2n) is 8.56. The van der Waals surface area contributed by atoms with Gasteiger partial charge in [-0.2, -0.15) is 5.26 Å². The van der Waals surface area contributed by atoms with Crippen LogP contribution in [0.5, 0.6) is 0 Å². The van der Waals surface area contributed by atoms with Crippen molar-refractivity contribution in [3.05, 3.63) is 89.2 Å². The van der Waals surface area contributed by atoms with Crippen LogP contribution in [0, 0.1) is 17.2 Å². The highest BCUT2D eigenvalue weighted by molar-refractivity contribution is 5.84. The lowest BCUT2D eigenvalue weighted by atomic mass is 9.84. The zero-order chi connectivity index (χ0) is 24.1. The number of imidazole rings is 1. The minimum absolute atomic E-state index is 0.0769. The van der Waals surface area contributed by atoms with Gasteiger partial charge in [-0.1, -0.05) is 74.9 Å². The van der Waals surface area contributed by atoms with Crippen molar-refractivity contribution in [3.63, 3.8) is 0 Å². The van der Waals surface area contributed by atoms with Gasteiger partial charge in [-0.3, -0.25) is 4.79 Å². The molecule has 0 aliphatic rings. The molecule has 0 radical (unpaired) electrons. The number of para-hydroxylation sites is 1. The lowest BCUT2D eigenvalue weighted by molar-refractivity contribution is -0.142. The van der Waals surface area contributed by atoms with Crippen LogP contribution in [0.4, 0.5) is 0 Å². The van der Waals surface area contributed by atoms with E-state index in [0.717, 1.165) is 40.0 Å². The summed E-state index contributed by atoms with van der Waals surface area (Å²) >= 11 is 0. The van der Waals surface area contributed by atoms with Gasteiger partial charge in [0, 0.05) is 5.92 Å². The Kier molecular flexibility index (Phi) is 7.08. The first kappa shape index (κ1) is 23.3. The zero-order valence-electron chi connectivity index (χ0n) is 19.8. The van der Waals surface area contributed by atoms with Crippen molar-refractivity contribution in [1.29, 1.82) is 5.26 Å². The fourth-order valence-electron chi connectivity index (χ4n) is 4.46. The quantitative estimate of drug-likeness (QED) is 0.315. The Morgan fingerprint density at radius 2 is 1.82 bits per heavy atom. The molecule has 4 rings (SSSR count). The van der Waals surface area contributed by atoms with Gasteiger partial charge in [0.2, 0.25) is 0 Å². The van der Waals surface area contributed by atoms with E-state index in [1.54, 1.807) is 0 Å². The molecule has 34 heavy (non-hydrogen) atoms. The molecule has 1 aromatic heterocycles. The highest BCUT2D eigenvalue weighted by Gasteiger charge is 2.24. The summed E-state index contributed by atoms with van der Waals surface area (Å²) in [7, 11) is 0. The third kappa shape index (κ3) is 4.72. The van der Waals surface area contributed by atoms with Crippen LogP contribution in [-0.4, -0.2) is 22.5 Å². The third-order valence-corrected chi connectivity index (χ3v) is 6.39. The van der Waals surface area contributed by atoms with Gasteiger partial charge >= 0.3 is 5.97 Å². The van der Waals surface area contributed by atoms with E-state index < -0.39 is 0 Å². The van der Waals surface area contributed by atoms with Gasteiger partial charge in [0.15, 0.2) is 0 Å². The molecule has 5 nitrogen and oxygen atoms in total. The van der Waals surface area contributed by atoms with E-state index >= 15 is 0 Å². The lowest BCUT2D eigenvalue weighted by Crippen LogP contribution is -2.12. The molecule has 0 fully saturated rings. The first-order valence-corrected chi connectivity index (χ1v) is 11.8. The SMILES string of the molecule is CCOC(=O)Cc1cccc2[nH]c(C(c3ccc(-c4ccccc4C#N)cc3)C(C)CC)nc12. The second kappa shape index (κ2) is 10.4. The topological polar surface area (TPSA) is 78.8 Å². The van der Waals surface area contributed by atoms with E-state index in [4.69, 9.17) is 9.72 Å². The Bertz CT molecular complexity index is 1330. The number of aromatic amines is 1. The molecule has 0 saturated carbocycles. The molecule has 1 N–H and O–H groups in total. The second-order valence-corrected chi connectivity index (χ2v) is 8.56. The molecule has 2 atom stereocenters. The third-order valence-electron chi connectivity index (χ3n) is 6.39. The Hall–Kier alpha value is -3.91. The van der Waals surface area contributed by atoms with E-state index in [1.165, 1.54) is 5.56 Å². The molecule has 0 aliphatic heterocycles. The number of carbonyl (C=O) groups excluding carboxylic acids is 1. The average molecular weight is 452 g/mol. The van der Waals surface area contributed by atoms with Crippen LogP contribution < -0.4 is 0 Å². The van der Waals surface area contributed by atoms with Crippen molar-refractivity contribution in [2.24, 2.45) is 5.92 Å². The van der Waals surface area contributed by atoms with E-state index in [9.17, 15) is 10.1 Å². The maximum atomic E-state index is 12.1. The Balaban J connectivity index is 1.72. The number of esters is 1. The molecule has 5 heteroatoms. The Labute approximate surface area is 200 Å². The molecule has 0 amide bonds. The van der Waals surface area contributed by atoms with Gasteiger partial charge in [-0.15, -0.1) is 0 Å². The van der Waals surface area contributed by atoms with Crippen molar-refractivity contribution >= 4 is 17.0 Å². The van der Waals surface area contributed by atoms with Crippen LogP contribution in [0.25, 0.3) is 22.2 Å². The summed E-state index contributed by atoms with van der Waals surface area (Å²) in [6.45, 7) is 6.60. The molecule has 172 valence electrons. The van der Waals surface area contributed by atoms with Crippen LogP contribution >= 0.6 is 0 Å². The first-order valence-electron chi connectivity index (χ1n) is 11.8. The van der Waals surface area contributed by atoms with E-state index in [2.05, 4.69) is 49.2 Å². The van der Waals surface area contributed by atoms with Gasteiger partial charge < -0.3 is 9.72 Å². The highest BCUT2D eigenvalue weighted by Crippen LogP contribution is 2.35. The molecule has 1 heterocycles. The number of benzene rings is 3. The number of aromatic nitrogens is 2. The first-order chi connectivity index (χ1) is 16.5. The smallest absolute Gasteiger partial charge is 0.310 e. The summed E-state index contributed by atoms with van der Waals surface area (Å²) in [5.41, 5.74) is 6.39. The van der Waals surface area contributed by atoms with Gasteiger partial charge in [0.25, 0.3) is 0 Å². The number of H-pyrrole nitrogens is 1. The van der Waals surface area contributed by atoms with E-state index in [-0.39, 0.29) is 18.3 Å². The molecular weight excluding hydrogens is 422 g/mol. The number of ether oxygens (including phenoxy) is 1. The fraction of sp³-hybridized carbons (Fsp3) is 0.276. The van der Waals surface area contributed by atoms with Gasteiger partial charge in [0.05, 0.1) is 35.7 Å². The Morgan fingerprint density at radius 1 is 1.06 bits per heavy atom. The molecule has 0 saturated heterocycles. The molecular formula is C29H29N3O2. The summed E-state index contributed by atoms with van der Waals surface area (Å²) in [6.07, 6.45) is 1.20. The van der Waals surface area contributed by atoms with E-state index in [0.29, 0.717) is 18.1 Å². The maximum absolute atomic E-state index is 12.1. The van der Waals surface area contributed by atoms with Crippen LogP contribution in [0.3, 0.4) is 0 Å². The maximum Gasteiger partial charge on any atom is 0.310 e. The number of nitrogens with zero attached hydrogens (tertiary/aromatic N) is 2. The highest BCUT2D eigenvalue weighted by atomic mass is 16.5. The summed E-state index contributed by atoms with van der Waals surface area (Å²) in [6, 6.07) is 24.2.